The quantitative estimate of drug-likeness (QED) is 0.809. The minimum atomic E-state index is -0.899. The zero-order valence-corrected chi connectivity index (χ0v) is 12.1. The molecule has 6 nitrogen and oxygen atoms in total. The number of carbonyl (C=O) groups excluding carboxylic acids is 1. The molecule has 1 fully saturated rings. The van der Waals surface area contributed by atoms with E-state index in [9.17, 15) is 9.59 Å². The summed E-state index contributed by atoms with van der Waals surface area (Å²) in [5.74, 6) is 0. The molecule has 0 radical (unpaired) electrons. The van der Waals surface area contributed by atoms with Crippen LogP contribution in [0, 0.1) is 0 Å². The minimum Gasteiger partial charge on any atom is -0.465 e. The molecule has 0 aromatic carbocycles. The highest BCUT2D eigenvalue weighted by atomic mass is 16.6. The van der Waals surface area contributed by atoms with E-state index in [0.717, 1.165) is 25.7 Å². The highest BCUT2D eigenvalue weighted by molar-refractivity contribution is 5.68. The first-order valence-corrected chi connectivity index (χ1v) is 6.64. The minimum absolute atomic E-state index is 0.0502. The molecule has 0 heterocycles. The monoisotopic (exact) mass is 272 g/mol. The van der Waals surface area contributed by atoms with Crippen molar-refractivity contribution >= 4 is 12.2 Å². The third-order valence-electron chi connectivity index (χ3n) is 3.27. The van der Waals surface area contributed by atoms with Crippen LogP contribution in [0.4, 0.5) is 9.59 Å². The summed E-state index contributed by atoms with van der Waals surface area (Å²) in [4.78, 5) is 23.8. The summed E-state index contributed by atoms with van der Waals surface area (Å²) < 4.78 is 5.20. The molecule has 0 unspecified atom stereocenters. The molecule has 0 aromatic rings. The Kier molecular flexibility index (Phi) is 5.03. The predicted octanol–water partition coefficient (Wildman–Crippen LogP) is 2.43. The van der Waals surface area contributed by atoms with Gasteiger partial charge in [0.15, 0.2) is 0 Å². The van der Waals surface area contributed by atoms with Gasteiger partial charge in [0, 0.05) is 19.1 Å². The SMILES string of the molecule is CN(C(=O)O)C1CCC(NC(=O)OC(C)(C)C)CC1. The van der Waals surface area contributed by atoms with E-state index in [1.54, 1.807) is 7.05 Å². The fourth-order valence-corrected chi connectivity index (χ4v) is 2.24. The smallest absolute Gasteiger partial charge is 0.407 e. The van der Waals surface area contributed by atoms with Gasteiger partial charge < -0.3 is 20.1 Å². The van der Waals surface area contributed by atoms with Crippen LogP contribution in [0.3, 0.4) is 0 Å². The number of carbonyl (C=O) groups is 2. The average Bonchev–Trinajstić information content (AvgIpc) is 2.26. The lowest BCUT2D eigenvalue weighted by Crippen LogP contribution is -2.45. The summed E-state index contributed by atoms with van der Waals surface area (Å²) in [7, 11) is 1.59. The molecule has 1 aliphatic rings. The second-order valence-corrected chi connectivity index (χ2v) is 6.05. The Bertz CT molecular complexity index is 330. The second kappa shape index (κ2) is 6.12. The summed E-state index contributed by atoms with van der Waals surface area (Å²) in [6, 6.07) is 0.127. The molecule has 0 saturated heterocycles. The summed E-state index contributed by atoms with van der Waals surface area (Å²) in [6.07, 6.45) is 1.79. The first-order chi connectivity index (χ1) is 8.69. The molecular weight excluding hydrogens is 248 g/mol. The van der Waals surface area contributed by atoms with Crippen LogP contribution in [0.5, 0.6) is 0 Å². The van der Waals surface area contributed by atoms with Gasteiger partial charge in [0.2, 0.25) is 0 Å². The standard InChI is InChI=1S/C13H24N2O4/c1-13(2,3)19-11(16)14-9-5-7-10(8-6-9)15(4)12(17)18/h9-10H,5-8H2,1-4H3,(H,14,16)(H,17,18). The molecule has 110 valence electrons. The Morgan fingerprint density at radius 3 is 2.16 bits per heavy atom. The fraction of sp³-hybridized carbons (Fsp3) is 0.846. The molecule has 1 rings (SSSR count). The number of alkyl carbamates (subject to hydrolysis) is 1. The zero-order valence-electron chi connectivity index (χ0n) is 12.1. The zero-order chi connectivity index (χ0) is 14.6. The first kappa shape index (κ1) is 15.6. The Morgan fingerprint density at radius 1 is 1.21 bits per heavy atom. The first-order valence-electron chi connectivity index (χ1n) is 6.64. The van der Waals surface area contributed by atoms with Crippen LogP contribution >= 0.6 is 0 Å². The highest BCUT2D eigenvalue weighted by Crippen LogP contribution is 2.22. The summed E-state index contributed by atoms with van der Waals surface area (Å²) in [5.41, 5.74) is -0.495. The summed E-state index contributed by atoms with van der Waals surface area (Å²) >= 11 is 0. The number of hydrogen-bond acceptors (Lipinski definition) is 3. The normalized spacial score (nSPS) is 23.6. The predicted molar refractivity (Wildman–Crippen MR) is 71.2 cm³/mol. The van der Waals surface area contributed by atoms with Crippen molar-refractivity contribution in [3.63, 3.8) is 0 Å². The van der Waals surface area contributed by atoms with Crippen molar-refractivity contribution in [2.75, 3.05) is 7.05 Å². The van der Waals surface area contributed by atoms with Gasteiger partial charge in [0.05, 0.1) is 0 Å². The van der Waals surface area contributed by atoms with Gasteiger partial charge >= 0.3 is 12.2 Å². The molecule has 2 amide bonds. The Hall–Kier alpha value is -1.46. The van der Waals surface area contributed by atoms with Gasteiger partial charge in [0.1, 0.15) is 5.60 Å². The molecule has 0 aromatic heterocycles. The number of carboxylic acid groups (broad SMARTS) is 1. The van der Waals surface area contributed by atoms with Gasteiger partial charge in [-0.3, -0.25) is 0 Å². The Morgan fingerprint density at radius 2 is 1.74 bits per heavy atom. The molecule has 1 saturated carbocycles. The number of ether oxygens (including phenoxy) is 1. The van der Waals surface area contributed by atoms with E-state index in [1.807, 2.05) is 20.8 Å². The van der Waals surface area contributed by atoms with Gasteiger partial charge in [-0.15, -0.1) is 0 Å². The average molecular weight is 272 g/mol. The van der Waals surface area contributed by atoms with Crippen molar-refractivity contribution in [1.29, 1.82) is 0 Å². The maximum Gasteiger partial charge on any atom is 0.407 e. The molecule has 0 atom stereocenters. The molecule has 0 spiro atoms. The Labute approximate surface area is 114 Å². The molecule has 0 aliphatic heterocycles. The third kappa shape index (κ3) is 5.36. The van der Waals surface area contributed by atoms with Gasteiger partial charge in [-0.1, -0.05) is 0 Å². The number of nitrogens with one attached hydrogen (secondary N) is 1. The lowest BCUT2D eigenvalue weighted by molar-refractivity contribution is 0.0478. The van der Waals surface area contributed by atoms with Crippen molar-refractivity contribution in [3.05, 3.63) is 0 Å². The van der Waals surface area contributed by atoms with E-state index in [1.165, 1.54) is 4.90 Å². The van der Waals surface area contributed by atoms with Crippen LogP contribution < -0.4 is 5.32 Å². The van der Waals surface area contributed by atoms with Crippen molar-refractivity contribution in [1.82, 2.24) is 10.2 Å². The van der Waals surface area contributed by atoms with Crippen molar-refractivity contribution in [2.45, 2.75) is 64.1 Å². The topological polar surface area (TPSA) is 78.9 Å². The Balaban J connectivity index is 2.34. The second-order valence-electron chi connectivity index (χ2n) is 6.05. The van der Waals surface area contributed by atoms with Gasteiger partial charge in [-0.25, -0.2) is 9.59 Å². The van der Waals surface area contributed by atoms with E-state index < -0.39 is 17.8 Å². The van der Waals surface area contributed by atoms with E-state index in [4.69, 9.17) is 9.84 Å². The van der Waals surface area contributed by atoms with E-state index in [0.29, 0.717) is 0 Å². The number of hydrogen-bond donors (Lipinski definition) is 2. The number of rotatable bonds is 2. The van der Waals surface area contributed by atoms with Crippen LogP contribution in [0.2, 0.25) is 0 Å². The van der Waals surface area contributed by atoms with Crippen LogP contribution in [0.1, 0.15) is 46.5 Å². The van der Waals surface area contributed by atoms with Crippen LogP contribution in [0.25, 0.3) is 0 Å². The summed E-state index contributed by atoms with van der Waals surface area (Å²) in [6.45, 7) is 5.47. The summed E-state index contributed by atoms with van der Waals surface area (Å²) in [5, 5.41) is 11.7. The molecule has 0 bridgehead atoms. The number of nitrogens with zero attached hydrogens (tertiary/aromatic N) is 1. The van der Waals surface area contributed by atoms with Crippen LogP contribution in [0.15, 0.2) is 0 Å². The molecular formula is C13H24N2O4. The van der Waals surface area contributed by atoms with Crippen molar-refractivity contribution in [3.8, 4) is 0 Å². The van der Waals surface area contributed by atoms with Gasteiger partial charge in [-0.2, -0.15) is 0 Å². The fourth-order valence-electron chi connectivity index (χ4n) is 2.24. The van der Waals surface area contributed by atoms with E-state index in [-0.39, 0.29) is 12.1 Å². The van der Waals surface area contributed by atoms with Crippen LogP contribution in [-0.4, -0.2) is 46.9 Å². The van der Waals surface area contributed by atoms with E-state index in [2.05, 4.69) is 5.32 Å². The lowest BCUT2D eigenvalue weighted by Gasteiger charge is -2.33. The van der Waals surface area contributed by atoms with E-state index >= 15 is 0 Å². The maximum absolute atomic E-state index is 11.6. The van der Waals surface area contributed by atoms with Gasteiger partial charge in [-0.05, 0) is 46.5 Å². The van der Waals surface area contributed by atoms with Crippen LogP contribution in [-0.2, 0) is 4.74 Å². The molecule has 2 N–H and O–H groups in total. The largest absolute Gasteiger partial charge is 0.465 e. The lowest BCUT2D eigenvalue weighted by atomic mass is 9.90. The molecule has 6 heteroatoms. The highest BCUT2D eigenvalue weighted by Gasteiger charge is 2.28. The van der Waals surface area contributed by atoms with Gasteiger partial charge in [0.25, 0.3) is 0 Å². The molecule has 1 aliphatic carbocycles. The molecule has 19 heavy (non-hydrogen) atoms. The van der Waals surface area contributed by atoms with Crippen molar-refractivity contribution < 1.29 is 19.4 Å². The third-order valence-corrected chi connectivity index (χ3v) is 3.27. The number of amides is 2. The van der Waals surface area contributed by atoms with Crippen molar-refractivity contribution in [2.24, 2.45) is 0 Å². The maximum atomic E-state index is 11.6.